The van der Waals surface area contributed by atoms with Gasteiger partial charge in [0.2, 0.25) is 0 Å². The highest BCUT2D eigenvalue weighted by molar-refractivity contribution is 5.36. The minimum atomic E-state index is 0.663. The van der Waals surface area contributed by atoms with E-state index in [1.165, 1.54) is 12.8 Å². The summed E-state index contributed by atoms with van der Waals surface area (Å²) in [5, 5.41) is 7.21. The van der Waals surface area contributed by atoms with Gasteiger partial charge >= 0.3 is 0 Å². The highest BCUT2D eigenvalue weighted by Crippen LogP contribution is 2.43. The molecule has 0 radical (unpaired) electrons. The Morgan fingerprint density at radius 2 is 2.33 bits per heavy atom. The molecule has 0 aliphatic heterocycles. The van der Waals surface area contributed by atoms with Gasteiger partial charge in [-0.15, -0.1) is 0 Å². The van der Waals surface area contributed by atoms with Crippen molar-refractivity contribution in [3.05, 3.63) is 11.4 Å². The Morgan fingerprint density at radius 3 is 2.92 bits per heavy atom. The molecule has 0 amide bonds. The minimum Gasteiger partial charge on any atom is -0.490 e. The molecule has 1 aromatic rings. The molecule has 3 heteroatoms. The Bertz CT molecular complexity index is 276. The zero-order valence-electron chi connectivity index (χ0n) is 7.55. The lowest BCUT2D eigenvalue weighted by molar-refractivity contribution is 0.334. The average Bonchev–Trinajstić information content (AvgIpc) is 2.82. The molecule has 1 aromatic heterocycles. The van der Waals surface area contributed by atoms with Crippen LogP contribution < -0.4 is 4.74 Å². The van der Waals surface area contributed by atoms with Crippen LogP contribution in [-0.4, -0.2) is 16.8 Å². The monoisotopic (exact) mass is 166 g/mol. The minimum absolute atomic E-state index is 0.663. The van der Waals surface area contributed by atoms with E-state index < -0.39 is 0 Å². The lowest BCUT2D eigenvalue weighted by Crippen LogP contribution is -1.94. The van der Waals surface area contributed by atoms with Gasteiger partial charge in [0.25, 0.3) is 0 Å². The third-order valence-electron chi connectivity index (χ3n) is 2.17. The average molecular weight is 166 g/mol. The van der Waals surface area contributed by atoms with Crippen LogP contribution in [0.5, 0.6) is 5.75 Å². The molecule has 0 saturated heterocycles. The van der Waals surface area contributed by atoms with Crippen molar-refractivity contribution in [3.8, 4) is 5.75 Å². The summed E-state index contributed by atoms with van der Waals surface area (Å²) in [5.41, 5.74) is 2.19. The smallest absolute Gasteiger partial charge is 0.163 e. The number of nitrogens with zero attached hydrogens (tertiary/aromatic N) is 1. The van der Waals surface area contributed by atoms with E-state index in [4.69, 9.17) is 4.74 Å². The number of ether oxygens (including phenoxy) is 1. The molecule has 1 fully saturated rings. The summed E-state index contributed by atoms with van der Waals surface area (Å²) in [6.07, 6.45) is 2.54. The predicted octanol–water partition coefficient (Wildman–Crippen LogP) is 1.99. The third-order valence-corrected chi connectivity index (χ3v) is 2.17. The maximum atomic E-state index is 5.52. The van der Waals surface area contributed by atoms with Crippen molar-refractivity contribution in [3.63, 3.8) is 0 Å². The van der Waals surface area contributed by atoms with Crippen LogP contribution in [0, 0.1) is 6.92 Å². The number of aryl methyl sites for hydroxylation is 1. The molecule has 2 rings (SSSR count). The molecule has 3 nitrogen and oxygen atoms in total. The van der Waals surface area contributed by atoms with Crippen LogP contribution in [0.15, 0.2) is 0 Å². The normalized spacial score (nSPS) is 16.5. The van der Waals surface area contributed by atoms with E-state index >= 15 is 0 Å². The van der Waals surface area contributed by atoms with Crippen molar-refractivity contribution < 1.29 is 4.74 Å². The van der Waals surface area contributed by atoms with Crippen LogP contribution in [0.4, 0.5) is 0 Å². The van der Waals surface area contributed by atoms with Crippen LogP contribution >= 0.6 is 0 Å². The molecular weight excluding hydrogens is 152 g/mol. The quantitative estimate of drug-likeness (QED) is 0.745. The maximum absolute atomic E-state index is 5.52. The summed E-state index contributed by atoms with van der Waals surface area (Å²) >= 11 is 0. The van der Waals surface area contributed by atoms with E-state index in [0.717, 1.165) is 23.7 Å². The SMILES string of the molecule is CCOc1c(C2CC2)n[nH]c1C. The molecule has 1 aliphatic carbocycles. The van der Waals surface area contributed by atoms with Crippen molar-refractivity contribution in [1.82, 2.24) is 10.2 Å². The first kappa shape index (κ1) is 7.65. The van der Waals surface area contributed by atoms with Crippen LogP contribution in [-0.2, 0) is 0 Å². The zero-order chi connectivity index (χ0) is 8.55. The van der Waals surface area contributed by atoms with Gasteiger partial charge in [-0.3, -0.25) is 5.10 Å². The van der Waals surface area contributed by atoms with Crippen LogP contribution in [0.25, 0.3) is 0 Å². The number of rotatable bonds is 3. The number of aromatic amines is 1. The highest BCUT2D eigenvalue weighted by atomic mass is 16.5. The highest BCUT2D eigenvalue weighted by Gasteiger charge is 2.30. The Morgan fingerprint density at radius 1 is 1.58 bits per heavy atom. The molecule has 1 saturated carbocycles. The summed E-state index contributed by atoms with van der Waals surface area (Å²) in [6.45, 7) is 4.73. The van der Waals surface area contributed by atoms with Crippen molar-refractivity contribution in [2.45, 2.75) is 32.6 Å². The summed E-state index contributed by atoms with van der Waals surface area (Å²) in [5.74, 6) is 1.65. The van der Waals surface area contributed by atoms with Gasteiger partial charge in [-0.2, -0.15) is 5.10 Å². The van der Waals surface area contributed by atoms with Gasteiger partial charge < -0.3 is 4.74 Å². The standard InChI is InChI=1S/C9H14N2O/c1-3-12-9-6(2)10-11-8(9)7-4-5-7/h7H,3-5H2,1-2H3,(H,10,11). The predicted molar refractivity (Wildman–Crippen MR) is 46.5 cm³/mol. The van der Waals surface area contributed by atoms with Gasteiger partial charge in [0.15, 0.2) is 5.75 Å². The molecule has 12 heavy (non-hydrogen) atoms. The second kappa shape index (κ2) is 2.81. The summed E-state index contributed by atoms with van der Waals surface area (Å²) < 4.78 is 5.52. The molecule has 1 heterocycles. The van der Waals surface area contributed by atoms with E-state index in [0.29, 0.717) is 5.92 Å². The summed E-state index contributed by atoms with van der Waals surface area (Å²) in [7, 11) is 0. The molecule has 1 N–H and O–H groups in total. The van der Waals surface area contributed by atoms with Gasteiger partial charge in [0, 0.05) is 5.92 Å². The third kappa shape index (κ3) is 1.19. The van der Waals surface area contributed by atoms with Crippen LogP contribution in [0.3, 0.4) is 0 Å². The Kier molecular flexibility index (Phi) is 1.79. The fourth-order valence-corrected chi connectivity index (χ4v) is 1.40. The summed E-state index contributed by atoms with van der Waals surface area (Å²) in [6, 6.07) is 0. The topological polar surface area (TPSA) is 37.9 Å². The van der Waals surface area contributed by atoms with E-state index in [1.54, 1.807) is 0 Å². The molecule has 1 aliphatic rings. The lowest BCUT2D eigenvalue weighted by Gasteiger charge is -2.02. The van der Waals surface area contributed by atoms with Crippen molar-refractivity contribution in [2.24, 2.45) is 0 Å². The number of H-pyrrole nitrogens is 1. The van der Waals surface area contributed by atoms with Crippen molar-refractivity contribution in [2.75, 3.05) is 6.61 Å². The van der Waals surface area contributed by atoms with Crippen molar-refractivity contribution in [1.29, 1.82) is 0 Å². The molecule has 0 bridgehead atoms. The number of hydrogen-bond acceptors (Lipinski definition) is 2. The summed E-state index contributed by atoms with van der Waals surface area (Å²) in [4.78, 5) is 0. The number of hydrogen-bond donors (Lipinski definition) is 1. The molecule has 0 spiro atoms. The van der Waals surface area contributed by atoms with Gasteiger partial charge in [-0.25, -0.2) is 0 Å². The van der Waals surface area contributed by atoms with Crippen molar-refractivity contribution >= 4 is 0 Å². The molecule has 66 valence electrons. The molecular formula is C9H14N2O. The first-order valence-corrected chi connectivity index (χ1v) is 4.50. The second-order valence-corrected chi connectivity index (χ2v) is 3.27. The fourth-order valence-electron chi connectivity index (χ4n) is 1.40. The van der Waals surface area contributed by atoms with Gasteiger partial charge in [0.1, 0.15) is 5.69 Å². The molecule has 0 aromatic carbocycles. The van der Waals surface area contributed by atoms with Gasteiger partial charge in [-0.05, 0) is 26.7 Å². The Labute approximate surface area is 72.1 Å². The molecule has 0 atom stereocenters. The lowest BCUT2D eigenvalue weighted by atomic mass is 10.2. The number of nitrogens with one attached hydrogen (secondary N) is 1. The maximum Gasteiger partial charge on any atom is 0.163 e. The number of aromatic nitrogens is 2. The van der Waals surface area contributed by atoms with Crippen LogP contribution in [0.1, 0.15) is 37.1 Å². The van der Waals surface area contributed by atoms with E-state index in [2.05, 4.69) is 10.2 Å². The zero-order valence-corrected chi connectivity index (χ0v) is 7.55. The van der Waals surface area contributed by atoms with Gasteiger partial charge in [-0.1, -0.05) is 0 Å². The van der Waals surface area contributed by atoms with Crippen LogP contribution in [0.2, 0.25) is 0 Å². The Balaban J connectivity index is 2.26. The first-order chi connectivity index (χ1) is 5.83. The van der Waals surface area contributed by atoms with E-state index in [9.17, 15) is 0 Å². The second-order valence-electron chi connectivity index (χ2n) is 3.27. The van der Waals surface area contributed by atoms with E-state index in [1.807, 2.05) is 13.8 Å². The largest absolute Gasteiger partial charge is 0.490 e. The first-order valence-electron chi connectivity index (χ1n) is 4.50. The molecule has 0 unspecified atom stereocenters. The van der Waals surface area contributed by atoms with Gasteiger partial charge in [0.05, 0.1) is 12.3 Å². The van der Waals surface area contributed by atoms with E-state index in [-0.39, 0.29) is 0 Å². The Hall–Kier alpha value is -0.990. The fraction of sp³-hybridized carbons (Fsp3) is 0.667.